The molecule has 1 aliphatic rings. The van der Waals surface area contributed by atoms with E-state index in [0.717, 1.165) is 32.7 Å². The zero-order valence-corrected chi connectivity index (χ0v) is 12.8. The third-order valence-electron chi connectivity index (χ3n) is 3.89. The summed E-state index contributed by atoms with van der Waals surface area (Å²) in [5.41, 5.74) is 4.06. The summed E-state index contributed by atoms with van der Waals surface area (Å²) in [5.74, 6) is 0. The van der Waals surface area contributed by atoms with Gasteiger partial charge in [-0.2, -0.15) is 0 Å². The van der Waals surface area contributed by atoms with Gasteiger partial charge in [-0.15, -0.1) is 0 Å². The Hall–Kier alpha value is -1.55. The first-order valence-corrected chi connectivity index (χ1v) is 7.41. The average molecular weight is 275 g/mol. The van der Waals surface area contributed by atoms with Crippen molar-refractivity contribution in [3.05, 3.63) is 34.9 Å². The quantitative estimate of drug-likeness (QED) is 0.917. The molecule has 4 nitrogen and oxygen atoms in total. The Bertz CT molecular complexity index is 465. The molecular formula is C16H25N3O. The van der Waals surface area contributed by atoms with E-state index < -0.39 is 0 Å². The van der Waals surface area contributed by atoms with Crippen molar-refractivity contribution in [2.75, 3.05) is 32.7 Å². The first-order chi connectivity index (χ1) is 9.60. The van der Waals surface area contributed by atoms with Gasteiger partial charge in [0.05, 0.1) is 0 Å². The number of carbonyl (C=O) groups is 1. The molecule has 4 heteroatoms. The fourth-order valence-electron chi connectivity index (χ4n) is 2.58. The SMILES string of the molecule is CCNC(=O)N1CCN(Cc2cc(C)ccc2C)CC1. The second-order valence-electron chi connectivity index (χ2n) is 5.53. The van der Waals surface area contributed by atoms with Crippen LogP contribution in [0.2, 0.25) is 0 Å². The van der Waals surface area contributed by atoms with E-state index in [1.54, 1.807) is 0 Å². The largest absolute Gasteiger partial charge is 0.338 e. The Balaban J connectivity index is 1.88. The van der Waals surface area contributed by atoms with Crippen molar-refractivity contribution in [2.24, 2.45) is 0 Å². The minimum atomic E-state index is 0.0684. The summed E-state index contributed by atoms with van der Waals surface area (Å²) in [4.78, 5) is 16.1. The molecule has 0 bridgehead atoms. The summed E-state index contributed by atoms with van der Waals surface area (Å²) in [6, 6.07) is 6.69. The maximum Gasteiger partial charge on any atom is 0.317 e. The maximum atomic E-state index is 11.8. The lowest BCUT2D eigenvalue weighted by molar-refractivity contribution is 0.135. The van der Waals surface area contributed by atoms with Crippen LogP contribution in [-0.4, -0.2) is 48.6 Å². The van der Waals surface area contributed by atoms with Crippen LogP contribution in [0.5, 0.6) is 0 Å². The minimum Gasteiger partial charge on any atom is -0.338 e. The van der Waals surface area contributed by atoms with Gasteiger partial charge in [-0.1, -0.05) is 23.8 Å². The average Bonchev–Trinajstić information content (AvgIpc) is 2.44. The predicted octanol–water partition coefficient (Wildman–Crippen LogP) is 2.15. The molecule has 2 amide bonds. The second kappa shape index (κ2) is 6.75. The van der Waals surface area contributed by atoms with Gasteiger partial charge < -0.3 is 10.2 Å². The molecule has 1 aliphatic heterocycles. The van der Waals surface area contributed by atoms with Gasteiger partial charge in [0.25, 0.3) is 0 Å². The molecule has 1 heterocycles. The fraction of sp³-hybridized carbons (Fsp3) is 0.562. The number of urea groups is 1. The number of nitrogens with zero attached hydrogens (tertiary/aromatic N) is 2. The predicted molar refractivity (Wildman–Crippen MR) is 81.8 cm³/mol. The van der Waals surface area contributed by atoms with Crippen molar-refractivity contribution in [3.8, 4) is 0 Å². The van der Waals surface area contributed by atoms with Gasteiger partial charge in [0.1, 0.15) is 0 Å². The van der Waals surface area contributed by atoms with E-state index in [4.69, 9.17) is 0 Å². The van der Waals surface area contributed by atoms with Crippen molar-refractivity contribution >= 4 is 6.03 Å². The first kappa shape index (κ1) is 14.9. The summed E-state index contributed by atoms with van der Waals surface area (Å²) in [7, 11) is 0. The molecular weight excluding hydrogens is 250 g/mol. The number of benzene rings is 1. The van der Waals surface area contributed by atoms with Gasteiger partial charge >= 0.3 is 6.03 Å². The number of amides is 2. The Morgan fingerprint density at radius 2 is 1.90 bits per heavy atom. The van der Waals surface area contributed by atoms with Gasteiger partial charge in [0, 0.05) is 39.3 Å². The Labute approximate surface area is 121 Å². The van der Waals surface area contributed by atoms with Crippen LogP contribution >= 0.6 is 0 Å². The molecule has 1 aromatic rings. The zero-order valence-electron chi connectivity index (χ0n) is 12.8. The molecule has 2 rings (SSSR count). The summed E-state index contributed by atoms with van der Waals surface area (Å²) < 4.78 is 0. The highest BCUT2D eigenvalue weighted by Crippen LogP contribution is 2.14. The summed E-state index contributed by atoms with van der Waals surface area (Å²) in [6.07, 6.45) is 0. The van der Waals surface area contributed by atoms with Gasteiger partial charge in [0.2, 0.25) is 0 Å². The summed E-state index contributed by atoms with van der Waals surface area (Å²) in [6.45, 7) is 11.5. The molecule has 1 saturated heterocycles. The van der Waals surface area contributed by atoms with Gasteiger partial charge in [-0.05, 0) is 31.9 Å². The van der Waals surface area contributed by atoms with E-state index in [9.17, 15) is 4.79 Å². The van der Waals surface area contributed by atoms with Crippen LogP contribution in [0.3, 0.4) is 0 Å². The van der Waals surface area contributed by atoms with Gasteiger partial charge in [-0.3, -0.25) is 4.90 Å². The third-order valence-corrected chi connectivity index (χ3v) is 3.89. The Morgan fingerprint density at radius 1 is 1.20 bits per heavy atom. The smallest absolute Gasteiger partial charge is 0.317 e. The Kier molecular flexibility index (Phi) is 5.01. The third kappa shape index (κ3) is 3.73. The monoisotopic (exact) mass is 275 g/mol. The normalized spacial score (nSPS) is 16.2. The Morgan fingerprint density at radius 3 is 2.55 bits per heavy atom. The highest BCUT2D eigenvalue weighted by Gasteiger charge is 2.20. The molecule has 1 aromatic carbocycles. The zero-order chi connectivity index (χ0) is 14.5. The molecule has 0 spiro atoms. The molecule has 20 heavy (non-hydrogen) atoms. The lowest BCUT2D eigenvalue weighted by Crippen LogP contribution is -2.51. The van der Waals surface area contributed by atoms with E-state index in [1.165, 1.54) is 16.7 Å². The standard InChI is InChI=1S/C16H25N3O/c1-4-17-16(20)19-9-7-18(8-10-19)12-15-11-13(2)5-6-14(15)3/h5-6,11H,4,7-10,12H2,1-3H3,(H,17,20). The number of rotatable bonds is 3. The molecule has 1 fully saturated rings. The molecule has 0 atom stereocenters. The van der Waals surface area contributed by atoms with Crippen LogP contribution in [0.25, 0.3) is 0 Å². The van der Waals surface area contributed by atoms with Crippen LogP contribution in [0.1, 0.15) is 23.6 Å². The van der Waals surface area contributed by atoms with Gasteiger partial charge in [0.15, 0.2) is 0 Å². The molecule has 0 aromatic heterocycles. The maximum absolute atomic E-state index is 11.8. The summed E-state index contributed by atoms with van der Waals surface area (Å²) in [5, 5.41) is 2.86. The van der Waals surface area contributed by atoms with E-state index in [-0.39, 0.29) is 6.03 Å². The highest BCUT2D eigenvalue weighted by atomic mass is 16.2. The number of aryl methyl sites for hydroxylation is 2. The highest BCUT2D eigenvalue weighted by molar-refractivity contribution is 5.74. The number of hydrogen-bond donors (Lipinski definition) is 1. The molecule has 0 saturated carbocycles. The van der Waals surface area contributed by atoms with E-state index in [1.807, 2.05) is 11.8 Å². The number of hydrogen-bond acceptors (Lipinski definition) is 2. The topological polar surface area (TPSA) is 35.6 Å². The van der Waals surface area contributed by atoms with E-state index in [2.05, 4.69) is 42.3 Å². The summed E-state index contributed by atoms with van der Waals surface area (Å²) >= 11 is 0. The molecule has 0 radical (unpaired) electrons. The molecule has 0 unspecified atom stereocenters. The first-order valence-electron chi connectivity index (χ1n) is 7.41. The minimum absolute atomic E-state index is 0.0684. The van der Waals surface area contributed by atoms with E-state index >= 15 is 0 Å². The van der Waals surface area contributed by atoms with Crippen LogP contribution < -0.4 is 5.32 Å². The van der Waals surface area contributed by atoms with Crippen LogP contribution in [0.15, 0.2) is 18.2 Å². The van der Waals surface area contributed by atoms with Crippen LogP contribution in [0, 0.1) is 13.8 Å². The lowest BCUT2D eigenvalue weighted by atomic mass is 10.0. The van der Waals surface area contributed by atoms with Crippen molar-refractivity contribution in [3.63, 3.8) is 0 Å². The molecule has 1 N–H and O–H groups in total. The number of nitrogens with one attached hydrogen (secondary N) is 1. The van der Waals surface area contributed by atoms with E-state index in [0.29, 0.717) is 6.54 Å². The fourth-order valence-corrected chi connectivity index (χ4v) is 2.58. The lowest BCUT2D eigenvalue weighted by Gasteiger charge is -2.35. The van der Waals surface area contributed by atoms with Crippen molar-refractivity contribution in [2.45, 2.75) is 27.3 Å². The van der Waals surface area contributed by atoms with Crippen LogP contribution in [-0.2, 0) is 6.54 Å². The van der Waals surface area contributed by atoms with Crippen molar-refractivity contribution in [1.29, 1.82) is 0 Å². The van der Waals surface area contributed by atoms with Crippen molar-refractivity contribution in [1.82, 2.24) is 15.1 Å². The van der Waals surface area contributed by atoms with Gasteiger partial charge in [-0.25, -0.2) is 4.79 Å². The van der Waals surface area contributed by atoms with Crippen molar-refractivity contribution < 1.29 is 4.79 Å². The van der Waals surface area contributed by atoms with Crippen LogP contribution in [0.4, 0.5) is 4.79 Å². The number of piperazine rings is 1. The molecule has 110 valence electrons. The molecule has 0 aliphatic carbocycles. The second-order valence-corrected chi connectivity index (χ2v) is 5.53. The number of carbonyl (C=O) groups excluding carboxylic acids is 1.